The number of carbonyl (C=O) groups excluding carboxylic acids is 1. The SMILES string of the molecule is CCCCOc1ccc(C(=O)Oc2ccccc2-c2nc3ccccn3c2NC(C)(C)CC(C)(C)C)cc1. The van der Waals surface area contributed by atoms with Crippen molar-refractivity contribution >= 4 is 17.4 Å². The Morgan fingerprint density at radius 1 is 0.947 bits per heavy atom. The molecule has 1 N–H and O–H groups in total. The van der Waals surface area contributed by atoms with Crippen LogP contribution in [0.15, 0.2) is 72.9 Å². The van der Waals surface area contributed by atoms with Crippen molar-refractivity contribution in [3.8, 4) is 22.8 Å². The van der Waals surface area contributed by atoms with Crippen molar-refractivity contribution in [3.63, 3.8) is 0 Å². The number of imidazole rings is 1. The lowest BCUT2D eigenvalue weighted by Gasteiger charge is -2.34. The molecule has 0 fully saturated rings. The Morgan fingerprint density at radius 2 is 1.66 bits per heavy atom. The molecule has 0 aliphatic carbocycles. The Bertz CT molecular complexity index is 1380. The van der Waals surface area contributed by atoms with Crippen LogP contribution in [0.2, 0.25) is 0 Å². The summed E-state index contributed by atoms with van der Waals surface area (Å²) in [6.45, 7) is 13.9. The van der Waals surface area contributed by atoms with E-state index in [1.807, 2.05) is 48.7 Å². The number of ether oxygens (including phenoxy) is 2. The number of hydrogen-bond donors (Lipinski definition) is 1. The van der Waals surface area contributed by atoms with Crippen LogP contribution in [0.25, 0.3) is 16.9 Å². The number of nitrogens with zero attached hydrogens (tertiary/aromatic N) is 2. The third-order valence-corrected chi connectivity index (χ3v) is 6.16. The zero-order chi connectivity index (χ0) is 27.3. The Morgan fingerprint density at radius 3 is 2.37 bits per heavy atom. The summed E-state index contributed by atoms with van der Waals surface area (Å²) in [6.07, 6.45) is 5.02. The van der Waals surface area contributed by atoms with Crippen molar-refractivity contribution in [2.75, 3.05) is 11.9 Å². The molecule has 2 aromatic carbocycles. The lowest BCUT2D eigenvalue weighted by Crippen LogP contribution is -2.36. The Hall–Kier alpha value is -3.80. The second-order valence-electron chi connectivity index (χ2n) is 11.6. The number of anilines is 1. The smallest absolute Gasteiger partial charge is 0.343 e. The summed E-state index contributed by atoms with van der Waals surface area (Å²) in [5, 5.41) is 3.75. The molecule has 4 aromatic rings. The molecule has 38 heavy (non-hydrogen) atoms. The van der Waals surface area contributed by atoms with Crippen LogP contribution in [0.4, 0.5) is 5.82 Å². The molecular formula is C32H39N3O3. The van der Waals surface area contributed by atoms with Crippen molar-refractivity contribution in [1.82, 2.24) is 9.38 Å². The zero-order valence-corrected chi connectivity index (χ0v) is 23.4. The number of fused-ring (bicyclic) bond motifs is 1. The molecule has 0 amide bonds. The predicted molar refractivity (Wildman–Crippen MR) is 154 cm³/mol. The highest BCUT2D eigenvalue weighted by Gasteiger charge is 2.29. The highest BCUT2D eigenvalue weighted by atomic mass is 16.5. The first-order valence-corrected chi connectivity index (χ1v) is 13.4. The quantitative estimate of drug-likeness (QED) is 0.132. The average Bonchev–Trinajstić information content (AvgIpc) is 3.21. The maximum atomic E-state index is 13.1. The number of rotatable bonds is 10. The van der Waals surface area contributed by atoms with Crippen LogP contribution >= 0.6 is 0 Å². The van der Waals surface area contributed by atoms with Crippen molar-refractivity contribution in [3.05, 3.63) is 78.5 Å². The molecule has 0 radical (unpaired) electrons. The molecule has 0 bridgehead atoms. The van der Waals surface area contributed by atoms with Crippen molar-refractivity contribution < 1.29 is 14.3 Å². The zero-order valence-electron chi connectivity index (χ0n) is 23.4. The summed E-state index contributed by atoms with van der Waals surface area (Å²) in [5.74, 6) is 1.64. The second kappa shape index (κ2) is 11.3. The lowest BCUT2D eigenvalue weighted by atomic mass is 9.82. The second-order valence-corrected chi connectivity index (χ2v) is 11.6. The summed E-state index contributed by atoms with van der Waals surface area (Å²) in [6, 6.07) is 20.6. The van der Waals surface area contributed by atoms with E-state index in [0.717, 1.165) is 47.7 Å². The summed E-state index contributed by atoms with van der Waals surface area (Å²) >= 11 is 0. The molecule has 0 atom stereocenters. The van der Waals surface area contributed by atoms with Gasteiger partial charge < -0.3 is 14.8 Å². The molecule has 200 valence electrons. The number of para-hydroxylation sites is 1. The van der Waals surface area contributed by atoms with Crippen molar-refractivity contribution in [1.29, 1.82) is 0 Å². The average molecular weight is 514 g/mol. The number of hydrogen-bond acceptors (Lipinski definition) is 5. The highest BCUT2D eigenvalue weighted by molar-refractivity contribution is 5.93. The van der Waals surface area contributed by atoms with Gasteiger partial charge in [-0.1, -0.05) is 52.3 Å². The molecule has 0 spiro atoms. The molecule has 0 aliphatic rings. The molecular weight excluding hydrogens is 474 g/mol. The number of benzene rings is 2. The van der Waals surface area contributed by atoms with Gasteiger partial charge in [-0.25, -0.2) is 9.78 Å². The van der Waals surface area contributed by atoms with Crippen LogP contribution in [0.3, 0.4) is 0 Å². The molecule has 0 saturated heterocycles. The number of pyridine rings is 1. The van der Waals surface area contributed by atoms with Gasteiger partial charge in [0.25, 0.3) is 0 Å². The number of esters is 1. The van der Waals surface area contributed by atoms with Crippen LogP contribution in [-0.4, -0.2) is 27.5 Å². The van der Waals surface area contributed by atoms with E-state index >= 15 is 0 Å². The summed E-state index contributed by atoms with van der Waals surface area (Å²) in [7, 11) is 0. The number of carbonyl (C=O) groups is 1. The number of nitrogens with one attached hydrogen (secondary N) is 1. The summed E-state index contributed by atoms with van der Waals surface area (Å²) < 4.78 is 13.7. The van der Waals surface area contributed by atoms with E-state index < -0.39 is 5.97 Å². The molecule has 0 unspecified atom stereocenters. The van der Waals surface area contributed by atoms with Gasteiger partial charge in [-0.3, -0.25) is 4.40 Å². The fourth-order valence-corrected chi connectivity index (χ4v) is 4.93. The number of unbranched alkanes of at least 4 members (excludes halogenated alkanes) is 1. The topological polar surface area (TPSA) is 64.9 Å². The molecule has 0 aliphatic heterocycles. The number of aromatic nitrogens is 2. The fraction of sp³-hybridized carbons (Fsp3) is 0.375. The Kier molecular flexibility index (Phi) is 8.10. The predicted octanol–water partition coefficient (Wildman–Crippen LogP) is 8.03. The maximum absolute atomic E-state index is 13.1. The standard InChI is InChI=1S/C32H39N3O3/c1-7-8-21-37-24-18-16-23(17-19-24)30(36)38-26-14-10-9-13-25(26)28-29(34-32(5,6)22-31(2,3)4)35-20-12-11-15-27(35)33-28/h9-20,34H,7-8,21-22H2,1-6H3. The third kappa shape index (κ3) is 6.74. The normalized spacial score (nSPS) is 11.9. The third-order valence-electron chi connectivity index (χ3n) is 6.16. The van der Waals surface area contributed by atoms with Crippen LogP contribution in [0.5, 0.6) is 11.5 Å². The van der Waals surface area contributed by atoms with E-state index in [9.17, 15) is 4.79 Å². The minimum absolute atomic E-state index is 0.140. The first-order chi connectivity index (χ1) is 18.1. The van der Waals surface area contributed by atoms with Crippen molar-refractivity contribution in [2.45, 2.75) is 66.3 Å². The van der Waals surface area contributed by atoms with Gasteiger partial charge in [-0.05, 0) is 80.6 Å². The van der Waals surface area contributed by atoms with Gasteiger partial charge in [-0.2, -0.15) is 0 Å². The largest absolute Gasteiger partial charge is 0.494 e. The van der Waals surface area contributed by atoms with Gasteiger partial charge >= 0.3 is 5.97 Å². The fourth-order valence-electron chi connectivity index (χ4n) is 4.93. The first kappa shape index (κ1) is 27.2. The van der Waals surface area contributed by atoms with Crippen LogP contribution in [-0.2, 0) is 0 Å². The van der Waals surface area contributed by atoms with Gasteiger partial charge in [0.05, 0.1) is 12.2 Å². The minimum atomic E-state index is -0.427. The van der Waals surface area contributed by atoms with E-state index in [0.29, 0.717) is 17.9 Å². The van der Waals surface area contributed by atoms with Crippen LogP contribution in [0, 0.1) is 5.41 Å². The molecule has 4 rings (SSSR count). The monoisotopic (exact) mass is 513 g/mol. The van der Waals surface area contributed by atoms with Gasteiger partial charge in [0.2, 0.25) is 0 Å². The highest BCUT2D eigenvalue weighted by Crippen LogP contribution is 2.38. The van der Waals surface area contributed by atoms with E-state index in [1.165, 1.54) is 0 Å². The molecule has 6 heteroatoms. The van der Waals surface area contributed by atoms with E-state index in [4.69, 9.17) is 14.5 Å². The lowest BCUT2D eigenvalue weighted by molar-refractivity contribution is 0.0735. The van der Waals surface area contributed by atoms with Crippen LogP contribution < -0.4 is 14.8 Å². The maximum Gasteiger partial charge on any atom is 0.343 e. The Labute approximate surface area is 226 Å². The minimum Gasteiger partial charge on any atom is -0.494 e. The van der Waals surface area contributed by atoms with E-state index in [1.54, 1.807) is 24.3 Å². The summed E-state index contributed by atoms with van der Waals surface area (Å²) in [5.41, 5.74) is 2.70. The van der Waals surface area contributed by atoms with Crippen molar-refractivity contribution in [2.24, 2.45) is 5.41 Å². The summed E-state index contributed by atoms with van der Waals surface area (Å²) in [4.78, 5) is 18.1. The van der Waals surface area contributed by atoms with E-state index in [2.05, 4.69) is 51.3 Å². The van der Waals surface area contributed by atoms with Gasteiger partial charge in [0, 0.05) is 17.3 Å². The first-order valence-electron chi connectivity index (χ1n) is 13.4. The molecule has 2 aromatic heterocycles. The molecule has 2 heterocycles. The van der Waals surface area contributed by atoms with E-state index in [-0.39, 0.29) is 11.0 Å². The van der Waals surface area contributed by atoms with Gasteiger partial charge in [0.1, 0.15) is 28.7 Å². The van der Waals surface area contributed by atoms with Gasteiger partial charge in [0.15, 0.2) is 0 Å². The molecule has 0 saturated carbocycles. The van der Waals surface area contributed by atoms with Crippen LogP contribution in [0.1, 0.15) is 71.2 Å². The Balaban J connectivity index is 1.65. The molecule has 6 nitrogen and oxygen atoms in total. The van der Waals surface area contributed by atoms with Gasteiger partial charge in [-0.15, -0.1) is 0 Å².